The first-order valence-corrected chi connectivity index (χ1v) is 9.53. The molecule has 0 atom stereocenters. The van der Waals surface area contributed by atoms with Crippen LogP contribution in [-0.2, 0) is 0 Å². The molecule has 1 fully saturated rings. The van der Waals surface area contributed by atoms with Crippen LogP contribution in [-0.4, -0.2) is 27.9 Å². The molecule has 2 N–H and O–H groups in total. The van der Waals surface area contributed by atoms with Gasteiger partial charge in [-0.1, -0.05) is 15.9 Å². The fraction of sp³-hybridized carbons (Fsp3) is 0.368. The molecule has 0 bridgehead atoms. The average Bonchev–Trinajstić information content (AvgIpc) is 3.28. The monoisotopic (exact) mass is 416 g/mol. The van der Waals surface area contributed by atoms with Crippen LogP contribution in [0.5, 0.6) is 5.75 Å². The van der Waals surface area contributed by atoms with Gasteiger partial charge in [0, 0.05) is 22.6 Å². The van der Waals surface area contributed by atoms with Gasteiger partial charge in [-0.25, -0.2) is 0 Å². The average molecular weight is 417 g/mol. The second-order valence-corrected chi connectivity index (χ2v) is 7.54. The van der Waals surface area contributed by atoms with Gasteiger partial charge in [0.1, 0.15) is 18.1 Å². The summed E-state index contributed by atoms with van der Waals surface area (Å²) >= 11 is 3.56. The molecule has 2 aromatic heterocycles. The highest BCUT2D eigenvalue weighted by Gasteiger charge is 2.30. The van der Waals surface area contributed by atoms with Crippen LogP contribution in [0.4, 0.5) is 0 Å². The van der Waals surface area contributed by atoms with Crippen LogP contribution in [0.15, 0.2) is 33.2 Å². The van der Waals surface area contributed by atoms with Crippen LogP contribution in [0.2, 0.25) is 0 Å². The molecular weight excluding hydrogens is 396 g/mol. The molecule has 0 spiro atoms. The van der Waals surface area contributed by atoms with Gasteiger partial charge in [0.15, 0.2) is 0 Å². The van der Waals surface area contributed by atoms with Crippen molar-refractivity contribution in [1.82, 2.24) is 14.8 Å². The van der Waals surface area contributed by atoms with Crippen molar-refractivity contribution >= 4 is 15.9 Å². The number of hydrogen-bond donors (Lipinski definition) is 1. The van der Waals surface area contributed by atoms with Crippen molar-refractivity contribution in [2.75, 3.05) is 13.2 Å². The topological polar surface area (TPSA) is 79.1 Å². The molecule has 0 aliphatic heterocycles. The van der Waals surface area contributed by atoms with E-state index in [0.717, 1.165) is 51.6 Å². The zero-order valence-electron chi connectivity index (χ0n) is 14.8. The van der Waals surface area contributed by atoms with Gasteiger partial charge in [0.2, 0.25) is 5.89 Å². The summed E-state index contributed by atoms with van der Waals surface area (Å²) < 4.78 is 14.9. The molecule has 0 saturated heterocycles. The first-order valence-electron chi connectivity index (χ1n) is 8.74. The van der Waals surface area contributed by atoms with Crippen LogP contribution < -0.4 is 10.5 Å². The smallest absolute Gasteiger partial charge is 0.264 e. The van der Waals surface area contributed by atoms with Crippen molar-refractivity contribution in [3.05, 3.63) is 45.9 Å². The van der Waals surface area contributed by atoms with E-state index in [2.05, 4.69) is 50.6 Å². The third-order valence-corrected chi connectivity index (χ3v) is 4.98. The maximum Gasteiger partial charge on any atom is 0.264 e. The first-order chi connectivity index (χ1) is 12.6. The molecular formula is C19H21BrN4O2. The Balaban J connectivity index is 1.85. The highest BCUT2D eigenvalue weighted by atomic mass is 79.9. The van der Waals surface area contributed by atoms with Gasteiger partial charge in [-0.3, -0.25) is 0 Å². The zero-order chi connectivity index (χ0) is 18.3. The van der Waals surface area contributed by atoms with Crippen LogP contribution >= 0.6 is 15.9 Å². The summed E-state index contributed by atoms with van der Waals surface area (Å²) in [5.41, 5.74) is 9.58. The Labute approximate surface area is 160 Å². The van der Waals surface area contributed by atoms with Gasteiger partial charge in [0.25, 0.3) is 5.89 Å². The summed E-state index contributed by atoms with van der Waals surface area (Å²) in [6.45, 7) is 5.02. The van der Waals surface area contributed by atoms with Gasteiger partial charge in [0.05, 0.1) is 5.69 Å². The van der Waals surface area contributed by atoms with Crippen molar-refractivity contribution in [2.45, 2.75) is 32.6 Å². The number of ether oxygens (including phenoxy) is 1. The van der Waals surface area contributed by atoms with Crippen LogP contribution in [0.1, 0.15) is 35.9 Å². The number of hydrogen-bond acceptors (Lipinski definition) is 5. The Kier molecular flexibility index (Phi) is 4.58. The summed E-state index contributed by atoms with van der Waals surface area (Å²) in [6.07, 6.45) is 2.26. The molecule has 26 heavy (non-hydrogen) atoms. The quantitative estimate of drug-likeness (QED) is 0.653. The molecule has 4 rings (SSSR count). The molecule has 0 radical (unpaired) electrons. The zero-order valence-corrected chi connectivity index (χ0v) is 16.4. The molecule has 1 aromatic carbocycles. The Morgan fingerprint density at radius 1 is 1.27 bits per heavy atom. The largest absolute Gasteiger partial charge is 0.490 e. The Morgan fingerprint density at radius 2 is 2.08 bits per heavy atom. The minimum absolute atomic E-state index is 0.426. The van der Waals surface area contributed by atoms with Crippen LogP contribution in [0.25, 0.3) is 17.3 Å². The maximum absolute atomic E-state index is 5.99. The molecule has 0 unspecified atom stereocenters. The summed E-state index contributed by atoms with van der Waals surface area (Å²) in [4.78, 5) is 0. The second-order valence-electron chi connectivity index (χ2n) is 6.62. The number of aromatic nitrogens is 3. The van der Waals surface area contributed by atoms with E-state index in [1.165, 1.54) is 0 Å². The van der Waals surface area contributed by atoms with Gasteiger partial charge < -0.3 is 19.5 Å². The summed E-state index contributed by atoms with van der Waals surface area (Å²) in [7, 11) is 0. The fourth-order valence-corrected chi connectivity index (χ4v) is 3.50. The van der Waals surface area contributed by atoms with Gasteiger partial charge >= 0.3 is 0 Å². The molecule has 0 amide bonds. The SMILES string of the molecule is Cc1cc(C)n(-c2cc(Br)ccc2OCCN)c1-c1nnc(C2CC2)o1. The Bertz CT molecular complexity index is 943. The third kappa shape index (κ3) is 3.17. The minimum atomic E-state index is 0.426. The van der Waals surface area contributed by atoms with E-state index in [0.29, 0.717) is 25.0 Å². The number of nitrogens with zero attached hydrogens (tertiary/aromatic N) is 3. The molecule has 1 aliphatic rings. The van der Waals surface area contributed by atoms with E-state index < -0.39 is 0 Å². The maximum atomic E-state index is 5.99. The fourth-order valence-electron chi connectivity index (χ4n) is 3.16. The standard InChI is InChI=1S/C19H21BrN4O2/c1-11-9-12(2)24(15-10-14(20)5-6-16(15)25-8-7-21)17(11)19-23-22-18(26-19)13-3-4-13/h5-6,9-10,13H,3-4,7-8,21H2,1-2H3. The Morgan fingerprint density at radius 3 is 2.81 bits per heavy atom. The third-order valence-electron chi connectivity index (χ3n) is 4.48. The second kappa shape index (κ2) is 6.89. The van der Waals surface area contributed by atoms with E-state index in [1.807, 2.05) is 18.2 Å². The van der Waals surface area contributed by atoms with Crippen molar-refractivity contribution in [2.24, 2.45) is 5.73 Å². The number of aryl methyl sites for hydroxylation is 2. The minimum Gasteiger partial charge on any atom is -0.490 e. The highest BCUT2D eigenvalue weighted by molar-refractivity contribution is 9.10. The van der Waals surface area contributed by atoms with Gasteiger partial charge in [-0.05, 0) is 56.5 Å². The molecule has 1 saturated carbocycles. The lowest BCUT2D eigenvalue weighted by atomic mass is 10.2. The number of nitrogens with two attached hydrogens (primary N) is 1. The van der Waals surface area contributed by atoms with Crippen LogP contribution in [0, 0.1) is 13.8 Å². The van der Waals surface area contributed by atoms with E-state index >= 15 is 0 Å². The van der Waals surface area contributed by atoms with E-state index in [9.17, 15) is 0 Å². The number of benzene rings is 1. The molecule has 2 heterocycles. The van der Waals surface area contributed by atoms with Gasteiger partial charge in [-0.15, -0.1) is 10.2 Å². The molecule has 3 aromatic rings. The lowest BCUT2D eigenvalue weighted by Gasteiger charge is -2.16. The van der Waals surface area contributed by atoms with Crippen molar-refractivity contribution in [3.8, 4) is 23.0 Å². The molecule has 1 aliphatic carbocycles. The lowest BCUT2D eigenvalue weighted by Crippen LogP contribution is -2.12. The van der Waals surface area contributed by atoms with Gasteiger partial charge in [-0.2, -0.15) is 0 Å². The van der Waals surface area contributed by atoms with Crippen molar-refractivity contribution in [3.63, 3.8) is 0 Å². The summed E-state index contributed by atoms with van der Waals surface area (Å²) in [5.74, 6) is 2.47. The number of halogens is 1. The normalized spacial score (nSPS) is 14.0. The summed E-state index contributed by atoms with van der Waals surface area (Å²) in [5, 5.41) is 8.55. The first kappa shape index (κ1) is 17.3. The molecule has 7 heteroatoms. The van der Waals surface area contributed by atoms with E-state index in [4.69, 9.17) is 14.9 Å². The van der Waals surface area contributed by atoms with Crippen molar-refractivity contribution in [1.29, 1.82) is 0 Å². The number of rotatable bonds is 6. The van der Waals surface area contributed by atoms with E-state index in [-0.39, 0.29) is 0 Å². The highest BCUT2D eigenvalue weighted by Crippen LogP contribution is 2.41. The van der Waals surface area contributed by atoms with Crippen LogP contribution in [0.3, 0.4) is 0 Å². The molecule has 136 valence electrons. The van der Waals surface area contributed by atoms with E-state index in [1.54, 1.807) is 0 Å². The predicted octanol–water partition coefficient (Wildman–Crippen LogP) is 4.12. The lowest BCUT2D eigenvalue weighted by molar-refractivity contribution is 0.327. The summed E-state index contributed by atoms with van der Waals surface area (Å²) in [6, 6.07) is 8.04. The molecule has 6 nitrogen and oxygen atoms in total. The predicted molar refractivity (Wildman–Crippen MR) is 103 cm³/mol. The van der Waals surface area contributed by atoms with Crippen molar-refractivity contribution < 1.29 is 9.15 Å². The Hall–Kier alpha value is -2.12.